The molecule has 0 bridgehead atoms. The van der Waals surface area contributed by atoms with E-state index in [4.69, 9.17) is 0 Å². The van der Waals surface area contributed by atoms with Crippen molar-refractivity contribution in [1.29, 1.82) is 0 Å². The number of rotatable bonds is 74. The second-order valence-electron chi connectivity index (χ2n) is 27.2. The van der Waals surface area contributed by atoms with Gasteiger partial charge in [-0.05, 0) is 12.8 Å². The van der Waals surface area contributed by atoms with E-state index in [1.54, 1.807) is 0 Å². The molecule has 0 aliphatic rings. The number of amides is 1. The summed E-state index contributed by atoms with van der Waals surface area (Å²) in [4.78, 5) is 12.6. The highest BCUT2D eigenvalue weighted by atomic mass is 16.3. The monoisotopic (exact) mass is 1140 g/mol. The summed E-state index contributed by atoms with van der Waals surface area (Å²) in [5, 5.41) is 23.5. The predicted octanol–water partition coefficient (Wildman–Crippen LogP) is 26.6. The standard InChI is InChI=1S/C77H155NO3/c1-3-5-7-9-11-13-15-17-19-21-23-25-27-29-31-33-34-35-36-37-38-39-40-41-42-43-45-47-49-51-53-55-57-59-61-63-65-67-69-71-73-77(81)78-75(74-79)76(80)72-70-68-66-64-62-60-58-56-54-52-50-48-46-44-32-30-28-26-24-22-20-18-16-14-12-10-8-6-4-2/h75-76,79-80H,3-74H2,1-2H3,(H,78,81). The smallest absolute Gasteiger partial charge is 0.220 e. The number of aliphatic hydroxyl groups is 2. The van der Waals surface area contributed by atoms with E-state index >= 15 is 0 Å². The Morgan fingerprint density at radius 2 is 0.395 bits per heavy atom. The van der Waals surface area contributed by atoms with E-state index < -0.39 is 12.1 Å². The van der Waals surface area contributed by atoms with Gasteiger partial charge in [0.15, 0.2) is 0 Å². The summed E-state index contributed by atoms with van der Waals surface area (Å²) >= 11 is 0. The molecule has 3 N–H and O–H groups in total. The molecule has 2 atom stereocenters. The average molecular weight is 1140 g/mol. The predicted molar refractivity (Wildman–Crippen MR) is 364 cm³/mol. The lowest BCUT2D eigenvalue weighted by Crippen LogP contribution is -2.45. The highest BCUT2D eigenvalue weighted by Gasteiger charge is 2.20. The van der Waals surface area contributed by atoms with Crippen LogP contribution < -0.4 is 5.32 Å². The first-order chi connectivity index (χ1) is 40.2. The molecule has 0 heterocycles. The molecule has 2 unspecified atom stereocenters. The zero-order chi connectivity index (χ0) is 58.4. The molecule has 0 aliphatic carbocycles. The topological polar surface area (TPSA) is 69.6 Å². The molecule has 0 aromatic rings. The molecular weight excluding hydrogens is 987 g/mol. The first-order valence-electron chi connectivity index (χ1n) is 38.7. The fourth-order valence-corrected chi connectivity index (χ4v) is 13.0. The van der Waals surface area contributed by atoms with Crippen LogP contribution in [0.1, 0.15) is 470 Å². The number of aliphatic hydroxyl groups excluding tert-OH is 2. The van der Waals surface area contributed by atoms with Gasteiger partial charge in [0.05, 0.1) is 18.8 Å². The molecule has 0 aromatic carbocycles. The van der Waals surface area contributed by atoms with E-state index in [9.17, 15) is 15.0 Å². The van der Waals surface area contributed by atoms with Crippen molar-refractivity contribution in [2.75, 3.05) is 6.61 Å². The molecule has 81 heavy (non-hydrogen) atoms. The van der Waals surface area contributed by atoms with Crippen LogP contribution in [0, 0.1) is 0 Å². The maximum atomic E-state index is 12.6. The second kappa shape index (κ2) is 73.6. The van der Waals surface area contributed by atoms with Crippen molar-refractivity contribution in [3.63, 3.8) is 0 Å². The molecule has 0 fully saturated rings. The summed E-state index contributed by atoms with van der Waals surface area (Å²) in [5.74, 6) is -0.0182. The number of unbranched alkanes of at least 4 members (excludes halogenated alkanes) is 67. The van der Waals surface area contributed by atoms with Gasteiger partial charge in [0, 0.05) is 6.42 Å². The van der Waals surface area contributed by atoms with Crippen LogP contribution in [0.3, 0.4) is 0 Å². The van der Waals surface area contributed by atoms with E-state index in [1.807, 2.05) is 0 Å². The summed E-state index contributed by atoms with van der Waals surface area (Å²) < 4.78 is 0. The zero-order valence-electron chi connectivity index (χ0n) is 56.4. The summed E-state index contributed by atoms with van der Waals surface area (Å²) in [7, 11) is 0. The van der Waals surface area contributed by atoms with Gasteiger partial charge in [0.25, 0.3) is 0 Å². The normalized spacial score (nSPS) is 12.5. The Kier molecular flexibility index (Phi) is 73.1. The van der Waals surface area contributed by atoms with Crippen LogP contribution in [0.2, 0.25) is 0 Å². The van der Waals surface area contributed by atoms with Gasteiger partial charge in [-0.15, -0.1) is 0 Å². The molecule has 0 saturated heterocycles. The quantitative estimate of drug-likeness (QED) is 0.0532. The third-order valence-corrected chi connectivity index (χ3v) is 18.9. The first kappa shape index (κ1) is 80.4. The van der Waals surface area contributed by atoms with E-state index in [0.29, 0.717) is 12.8 Å². The van der Waals surface area contributed by atoms with Crippen LogP contribution >= 0.6 is 0 Å². The van der Waals surface area contributed by atoms with Crippen LogP contribution in [0.5, 0.6) is 0 Å². The van der Waals surface area contributed by atoms with Crippen LogP contribution in [-0.2, 0) is 4.79 Å². The minimum absolute atomic E-state index is 0.0182. The maximum Gasteiger partial charge on any atom is 0.220 e. The molecular formula is C77H155NO3. The lowest BCUT2D eigenvalue weighted by molar-refractivity contribution is -0.123. The number of nitrogens with one attached hydrogen (secondary N) is 1. The Morgan fingerprint density at radius 3 is 0.556 bits per heavy atom. The van der Waals surface area contributed by atoms with Crippen molar-refractivity contribution >= 4 is 5.91 Å². The van der Waals surface area contributed by atoms with Crippen molar-refractivity contribution in [1.82, 2.24) is 5.32 Å². The lowest BCUT2D eigenvalue weighted by Gasteiger charge is -2.22. The molecule has 486 valence electrons. The number of carbonyl (C=O) groups excluding carboxylic acids is 1. The molecule has 0 aliphatic heterocycles. The molecule has 4 heteroatoms. The largest absolute Gasteiger partial charge is 0.394 e. The average Bonchev–Trinajstić information content (AvgIpc) is 3.47. The number of hydrogen-bond donors (Lipinski definition) is 3. The Morgan fingerprint density at radius 1 is 0.247 bits per heavy atom. The van der Waals surface area contributed by atoms with Crippen molar-refractivity contribution in [2.45, 2.75) is 482 Å². The fourth-order valence-electron chi connectivity index (χ4n) is 13.0. The Balaban J connectivity index is 3.33. The molecule has 0 rings (SSSR count). The van der Waals surface area contributed by atoms with Crippen molar-refractivity contribution < 1.29 is 15.0 Å². The lowest BCUT2D eigenvalue weighted by atomic mass is 10.0. The highest BCUT2D eigenvalue weighted by molar-refractivity contribution is 5.76. The molecule has 0 aromatic heterocycles. The molecule has 0 radical (unpaired) electrons. The third kappa shape index (κ3) is 70.0. The van der Waals surface area contributed by atoms with Gasteiger partial charge >= 0.3 is 0 Å². The Labute approximate surface area is 512 Å². The zero-order valence-corrected chi connectivity index (χ0v) is 56.4. The number of carbonyl (C=O) groups is 1. The number of hydrogen-bond acceptors (Lipinski definition) is 3. The minimum atomic E-state index is -0.657. The van der Waals surface area contributed by atoms with Crippen molar-refractivity contribution in [3.8, 4) is 0 Å². The molecule has 1 amide bonds. The third-order valence-electron chi connectivity index (χ3n) is 18.9. The van der Waals surface area contributed by atoms with Gasteiger partial charge < -0.3 is 15.5 Å². The second-order valence-corrected chi connectivity index (χ2v) is 27.2. The van der Waals surface area contributed by atoms with Gasteiger partial charge in [0.1, 0.15) is 0 Å². The van der Waals surface area contributed by atoms with Gasteiger partial charge in [-0.3, -0.25) is 4.79 Å². The Hall–Kier alpha value is -0.610. The van der Waals surface area contributed by atoms with Crippen LogP contribution in [0.4, 0.5) is 0 Å². The molecule has 0 saturated carbocycles. The van der Waals surface area contributed by atoms with Crippen LogP contribution in [-0.4, -0.2) is 34.9 Å². The van der Waals surface area contributed by atoms with E-state index in [-0.39, 0.29) is 12.5 Å². The van der Waals surface area contributed by atoms with Crippen molar-refractivity contribution in [3.05, 3.63) is 0 Å². The van der Waals surface area contributed by atoms with E-state index in [2.05, 4.69) is 19.2 Å². The van der Waals surface area contributed by atoms with Crippen molar-refractivity contribution in [2.24, 2.45) is 0 Å². The van der Waals surface area contributed by atoms with Crippen LogP contribution in [0.15, 0.2) is 0 Å². The summed E-state index contributed by atoms with van der Waals surface area (Å²) in [6.07, 6.45) is 97.9. The molecule has 4 nitrogen and oxygen atoms in total. The summed E-state index contributed by atoms with van der Waals surface area (Å²) in [6, 6.07) is -0.533. The SMILES string of the molecule is CCCCCCCCCCCCCCCCCCCCCCCCCCCCCCCCCCCCCCCCCCC(=O)NC(CO)C(O)CCCCCCCCCCCCCCCCCCCCCCCCCCCCCCC. The highest BCUT2D eigenvalue weighted by Crippen LogP contribution is 2.21. The molecule has 0 spiro atoms. The first-order valence-corrected chi connectivity index (χ1v) is 38.7. The summed E-state index contributed by atoms with van der Waals surface area (Å²) in [6.45, 7) is 4.43. The summed E-state index contributed by atoms with van der Waals surface area (Å²) in [5.41, 5.74) is 0. The maximum absolute atomic E-state index is 12.6. The van der Waals surface area contributed by atoms with E-state index in [0.717, 1.165) is 25.7 Å². The minimum Gasteiger partial charge on any atom is -0.394 e. The fraction of sp³-hybridized carbons (Fsp3) is 0.987. The van der Waals surface area contributed by atoms with Gasteiger partial charge in [-0.2, -0.15) is 0 Å². The van der Waals surface area contributed by atoms with E-state index in [1.165, 1.54) is 417 Å². The van der Waals surface area contributed by atoms with Gasteiger partial charge in [-0.1, -0.05) is 450 Å². The Bertz CT molecular complexity index is 1110. The van der Waals surface area contributed by atoms with Gasteiger partial charge in [-0.25, -0.2) is 0 Å². The van der Waals surface area contributed by atoms with Gasteiger partial charge in [0.2, 0.25) is 5.91 Å². The van der Waals surface area contributed by atoms with Crippen LogP contribution in [0.25, 0.3) is 0 Å².